The lowest BCUT2D eigenvalue weighted by atomic mass is 9.81. The zero-order chi connectivity index (χ0) is 23.7. The van der Waals surface area contributed by atoms with E-state index in [1.165, 1.54) is 0 Å². The van der Waals surface area contributed by atoms with Gasteiger partial charge in [0.05, 0.1) is 0 Å². The van der Waals surface area contributed by atoms with E-state index in [4.69, 9.17) is 0 Å². The van der Waals surface area contributed by atoms with E-state index in [1.807, 2.05) is 6.07 Å². The normalized spacial score (nSPS) is 16.3. The van der Waals surface area contributed by atoms with Gasteiger partial charge in [-0.3, -0.25) is 9.59 Å². The van der Waals surface area contributed by atoms with E-state index in [0.29, 0.717) is 38.1 Å². The number of fused-ring (bicyclic) bond motifs is 1. The van der Waals surface area contributed by atoms with E-state index in [0.717, 1.165) is 48.1 Å². The summed E-state index contributed by atoms with van der Waals surface area (Å²) in [4.78, 5) is 23.8. The Balaban J connectivity index is 2.05. The van der Waals surface area contributed by atoms with Gasteiger partial charge in [-0.1, -0.05) is 32.4 Å². The second-order valence-electron chi connectivity index (χ2n) is 9.07. The summed E-state index contributed by atoms with van der Waals surface area (Å²) in [7, 11) is 0. The number of phenolic OH excluding ortho intramolecular Hbond substituents is 1. The third-order valence-corrected chi connectivity index (χ3v) is 6.05. The first-order valence-electron chi connectivity index (χ1n) is 11.6. The number of aromatic hydroxyl groups is 1. The molecule has 1 aromatic carbocycles. The van der Waals surface area contributed by atoms with Crippen LogP contribution in [0.25, 0.3) is 0 Å². The Kier molecular flexibility index (Phi) is 9.97. The highest BCUT2D eigenvalue weighted by molar-refractivity contribution is 5.95. The number of benzene rings is 1. The van der Waals surface area contributed by atoms with Crippen LogP contribution >= 0.6 is 0 Å². The van der Waals surface area contributed by atoms with Crippen LogP contribution < -0.4 is 10.6 Å². The van der Waals surface area contributed by atoms with Gasteiger partial charge in [0.1, 0.15) is 11.8 Å². The molecule has 0 aromatic heterocycles. The van der Waals surface area contributed by atoms with Crippen molar-refractivity contribution in [2.75, 3.05) is 11.9 Å². The van der Waals surface area contributed by atoms with E-state index in [9.17, 15) is 19.8 Å². The Morgan fingerprint density at radius 3 is 2.59 bits per heavy atom. The van der Waals surface area contributed by atoms with Crippen LogP contribution in [-0.4, -0.2) is 34.7 Å². The average Bonchev–Trinajstić information content (AvgIpc) is 2.72. The van der Waals surface area contributed by atoms with Crippen molar-refractivity contribution in [2.45, 2.75) is 77.2 Å². The molecule has 1 aliphatic heterocycles. The van der Waals surface area contributed by atoms with Gasteiger partial charge >= 0.3 is 5.97 Å². The fraction of sp³-hybridized carbons (Fsp3) is 0.538. The van der Waals surface area contributed by atoms with Gasteiger partial charge in [-0.15, -0.1) is 13.2 Å². The Labute approximate surface area is 191 Å². The molecule has 1 aromatic rings. The number of rotatable bonds is 14. The minimum atomic E-state index is -0.802. The van der Waals surface area contributed by atoms with E-state index < -0.39 is 12.0 Å². The molecule has 2 atom stereocenters. The maximum absolute atomic E-state index is 12.3. The molecule has 1 heterocycles. The Morgan fingerprint density at radius 2 is 1.97 bits per heavy atom. The van der Waals surface area contributed by atoms with Crippen molar-refractivity contribution in [3.05, 3.63) is 48.1 Å². The first-order chi connectivity index (χ1) is 15.3. The number of carboxylic acids is 1. The second kappa shape index (κ2) is 12.4. The van der Waals surface area contributed by atoms with Crippen LogP contribution in [0, 0.1) is 5.92 Å². The highest BCUT2D eigenvalue weighted by Crippen LogP contribution is 2.43. The molecule has 2 unspecified atom stereocenters. The zero-order valence-electron chi connectivity index (χ0n) is 19.5. The molecule has 1 amide bonds. The number of amides is 1. The second-order valence-corrected chi connectivity index (χ2v) is 9.07. The van der Waals surface area contributed by atoms with Crippen molar-refractivity contribution in [3.63, 3.8) is 0 Å². The predicted octanol–water partition coefficient (Wildman–Crippen LogP) is 4.92. The number of unbranched alkanes of at least 4 members (excludes halogenated alkanes) is 1. The molecule has 0 aliphatic carbocycles. The van der Waals surface area contributed by atoms with Gasteiger partial charge in [-0.05, 0) is 74.1 Å². The SMILES string of the molecule is C=CCc1cc2c(c(CC=C)c1O)C(CCCCNC(CCC(C)C)C(=O)O)CC(=O)N2. The van der Waals surface area contributed by atoms with Crippen molar-refractivity contribution in [2.24, 2.45) is 5.92 Å². The monoisotopic (exact) mass is 442 g/mol. The van der Waals surface area contributed by atoms with Crippen LogP contribution in [-0.2, 0) is 22.4 Å². The van der Waals surface area contributed by atoms with E-state index in [1.54, 1.807) is 12.2 Å². The summed E-state index contributed by atoms with van der Waals surface area (Å²) in [5.41, 5.74) is 3.36. The first kappa shape index (κ1) is 25.7. The van der Waals surface area contributed by atoms with Crippen molar-refractivity contribution in [1.82, 2.24) is 5.32 Å². The number of carboxylic acid groups (broad SMARTS) is 1. The van der Waals surface area contributed by atoms with Crippen LogP contribution in [0.5, 0.6) is 5.75 Å². The molecule has 176 valence electrons. The van der Waals surface area contributed by atoms with Gasteiger partial charge in [0.15, 0.2) is 0 Å². The average molecular weight is 443 g/mol. The van der Waals surface area contributed by atoms with Gasteiger partial charge < -0.3 is 20.8 Å². The Hall–Kier alpha value is -2.60. The molecular formula is C26H38N2O4. The summed E-state index contributed by atoms with van der Waals surface area (Å²) in [6.07, 6.45) is 8.95. The fourth-order valence-electron chi connectivity index (χ4n) is 4.41. The van der Waals surface area contributed by atoms with Crippen LogP contribution in [0.3, 0.4) is 0 Å². The van der Waals surface area contributed by atoms with E-state index in [-0.39, 0.29) is 17.6 Å². The van der Waals surface area contributed by atoms with Crippen LogP contribution in [0.1, 0.15) is 75.0 Å². The molecule has 6 heteroatoms. The number of aliphatic carboxylic acids is 1. The summed E-state index contributed by atoms with van der Waals surface area (Å²) in [6.45, 7) is 12.4. The minimum Gasteiger partial charge on any atom is -0.507 e. The number of hydrogen-bond donors (Lipinski definition) is 4. The standard InChI is InChI=1S/C26H38N2O4/c1-5-9-19-15-22-24(20(10-6-2)25(19)30)18(16-23(29)28-22)11-7-8-14-27-21(26(31)32)13-12-17(3)4/h5-6,15,17-18,21,27,30H,1-2,7-14,16H2,3-4H3,(H,28,29)(H,31,32). The van der Waals surface area contributed by atoms with Crippen molar-refractivity contribution < 1.29 is 19.8 Å². The third-order valence-electron chi connectivity index (χ3n) is 6.05. The molecule has 1 aliphatic rings. The maximum atomic E-state index is 12.3. The number of phenols is 1. The number of hydrogen-bond acceptors (Lipinski definition) is 4. The van der Waals surface area contributed by atoms with Crippen LogP contribution in [0.2, 0.25) is 0 Å². The van der Waals surface area contributed by atoms with Crippen LogP contribution in [0.15, 0.2) is 31.4 Å². The summed E-state index contributed by atoms with van der Waals surface area (Å²) in [5, 5.41) is 26.4. The number of nitrogens with one attached hydrogen (secondary N) is 2. The molecule has 0 saturated heterocycles. The van der Waals surface area contributed by atoms with Crippen molar-refractivity contribution in [3.8, 4) is 5.75 Å². The van der Waals surface area contributed by atoms with Crippen molar-refractivity contribution >= 4 is 17.6 Å². The molecule has 0 radical (unpaired) electrons. The molecular weight excluding hydrogens is 404 g/mol. The molecule has 0 fully saturated rings. The van der Waals surface area contributed by atoms with Gasteiger partial charge in [0, 0.05) is 17.7 Å². The van der Waals surface area contributed by atoms with Gasteiger partial charge in [0.25, 0.3) is 0 Å². The molecule has 0 spiro atoms. The minimum absolute atomic E-state index is 0.0138. The smallest absolute Gasteiger partial charge is 0.320 e. The summed E-state index contributed by atoms with van der Waals surface area (Å²) < 4.78 is 0. The number of anilines is 1. The lowest BCUT2D eigenvalue weighted by Gasteiger charge is -2.29. The lowest BCUT2D eigenvalue weighted by Crippen LogP contribution is -2.37. The molecule has 4 N–H and O–H groups in total. The van der Waals surface area contributed by atoms with Gasteiger partial charge in [-0.25, -0.2) is 0 Å². The van der Waals surface area contributed by atoms with Gasteiger partial charge in [0.2, 0.25) is 5.91 Å². The quantitative estimate of drug-likeness (QED) is 0.186. The molecule has 2 rings (SSSR count). The zero-order valence-corrected chi connectivity index (χ0v) is 19.5. The van der Waals surface area contributed by atoms with E-state index in [2.05, 4.69) is 37.6 Å². The molecule has 0 saturated carbocycles. The van der Waals surface area contributed by atoms with Crippen molar-refractivity contribution in [1.29, 1.82) is 0 Å². The predicted molar refractivity (Wildman–Crippen MR) is 129 cm³/mol. The molecule has 6 nitrogen and oxygen atoms in total. The number of carbonyl (C=O) groups excluding carboxylic acids is 1. The van der Waals surface area contributed by atoms with Gasteiger partial charge in [-0.2, -0.15) is 0 Å². The summed E-state index contributed by atoms with van der Waals surface area (Å²) in [5.74, 6) is -0.0535. The summed E-state index contributed by atoms with van der Waals surface area (Å²) >= 11 is 0. The van der Waals surface area contributed by atoms with Crippen LogP contribution in [0.4, 0.5) is 5.69 Å². The largest absolute Gasteiger partial charge is 0.507 e. The Morgan fingerprint density at radius 1 is 1.25 bits per heavy atom. The summed E-state index contributed by atoms with van der Waals surface area (Å²) in [6, 6.07) is 1.34. The third kappa shape index (κ3) is 6.95. The highest BCUT2D eigenvalue weighted by atomic mass is 16.4. The topological polar surface area (TPSA) is 98.7 Å². The highest BCUT2D eigenvalue weighted by Gasteiger charge is 2.29. The van der Waals surface area contributed by atoms with E-state index >= 15 is 0 Å². The maximum Gasteiger partial charge on any atom is 0.320 e. The Bertz CT molecular complexity index is 832. The molecule has 32 heavy (non-hydrogen) atoms. The number of allylic oxidation sites excluding steroid dienone is 2. The first-order valence-corrected chi connectivity index (χ1v) is 11.6. The molecule has 0 bridgehead atoms. The fourth-order valence-corrected chi connectivity index (χ4v) is 4.41. The number of carbonyl (C=O) groups is 2. The lowest BCUT2D eigenvalue weighted by molar-refractivity contribution is -0.139.